The number of hydrogen-bond donors (Lipinski definition) is 0. The van der Waals surface area contributed by atoms with Crippen LogP contribution in [-0.2, 0) is 11.3 Å². The zero-order valence-corrected chi connectivity index (χ0v) is 22.0. The zero-order chi connectivity index (χ0) is 23.6. The molecule has 1 atom stereocenters. The van der Waals surface area contributed by atoms with E-state index in [0.29, 0.717) is 11.6 Å². The summed E-state index contributed by atoms with van der Waals surface area (Å²) in [5.74, 6) is 0.796. The second-order valence-corrected chi connectivity index (χ2v) is 10.3. The molecule has 0 N–H and O–H groups in total. The Labute approximate surface area is 213 Å². The third-order valence-corrected chi connectivity index (χ3v) is 6.88. The maximum atomic E-state index is 13.3. The summed E-state index contributed by atoms with van der Waals surface area (Å²) in [5, 5.41) is 8.50. The lowest BCUT2D eigenvalue weighted by Crippen LogP contribution is -2.48. The Morgan fingerprint density at radius 3 is 2.53 bits per heavy atom. The van der Waals surface area contributed by atoms with Crippen molar-refractivity contribution in [2.45, 2.75) is 76.2 Å². The molecule has 1 aliphatic rings. The van der Waals surface area contributed by atoms with E-state index in [1.165, 1.54) is 23.7 Å². The predicted molar refractivity (Wildman–Crippen MR) is 137 cm³/mol. The third-order valence-electron chi connectivity index (χ3n) is 6.09. The lowest BCUT2D eigenvalue weighted by Gasteiger charge is -2.36. The quantitative estimate of drug-likeness (QED) is 0.211. The number of aromatic nitrogens is 2. The number of benzene rings is 1. The fraction of sp³-hybridized carbons (Fsp3) is 0.600. The van der Waals surface area contributed by atoms with Crippen LogP contribution in [0.5, 0.6) is 0 Å². The van der Waals surface area contributed by atoms with E-state index in [1.807, 2.05) is 18.2 Å². The molecule has 1 aliphatic carbocycles. The molecule has 0 saturated heterocycles. The molecule has 1 aromatic heterocycles. The van der Waals surface area contributed by atoms with E-state index < -0.39 is 6.04 Å². The van der Waals surface area contributed by atoms with Gasteiger partial charge in [-0.05, 0) is 37.8 Å². The van der Waals surface area contributed by atoms with Gasteiger partial charge < -0.3 is 14.2 Å². The minimum absolute atomic E-state index is 0. The molecule has 2 aromatic rings. The first-order chi connectivity index (χ1) is 16.0. The van der Waals surface area contributed by atoms with Crippen molar-refractivity contribution in [1.29, 1.82) is 0 Å². The van der Waals surface area contributed by atoms with Gasteiger partial charge in [0.15, 0.2) is 0 Å². The number of carbonyl (C=O) groups excluding carboxylic acids is 2. The molecule has 9 heteroatoms. The van der Waals surface area contributed by atoms with Crippen LogP contribution in [0, 0.1) is 5.92 Å². The number of hydrogen-bond acceptors (Lipinski definition) is 7. The number of rotatable bonds is 13. The highest BCUT2D eigenvalue weighted by Gasteiger charge is 2.35. The summed E-state index contributed by atoms with van der Waals surface area (Å²) >= 11 is 1.45. The number of amides is 1. The Morgan fingerprint density at radius 2 is 1.88 bits per heavy atom. The van der Waals surface area contributed by atoms with Crippen LogP contribution >= 0.6 is 24.2 Å². The largest absolute Gasteiger partial charge is 0.408 e. The van der Waals surface area contributed by atoms with Gasteiger partial charge in [-0.15, -0.1) is 22.6 Å². The van der Waals surface area contributed by atoms with E-state index in [9.17, 15) is 9.59 Å². The summed E-state index contributed by atoms with van der Waals surface area (Å²) in [6.07, 6.45) is 6.70. The van der Waals surface area contributed by atoms with Gasteiger partial charge in [0.1, 0.15) is 6.04 Å². The normalized spacial score (nSPS) is 15.2. The first-order valence-electron chi connectivity index (χ1n) is 11.9. The van der Waals surface area contributed by atoms with Crippen LogP contribution in [0.1, 0.15) is 68.6 Å². The molecule has 0 bridgehead atoms. The van der Waals surface area contributed by atoms with Crippen molar-refractivity contribution in [1.82, 2.24) is 20.0 Å². The number of ketones is 1. The number of carbonyl (C=O) groups is 2. The first kappa shape index (κ1) is 28.3. The predicted octanol–water partition coefficient (Wildman–Crippen LogP) is 5.10. The maximum absolute atomic E-state index is 13.3. The fourth-order valence-corrected chi connectivity index (χ4v) is 5.19. The lowest BCUT2D eigenvalue weighted by atomic mass is 9.91. The van der Waals surface area contributed by atoms with E-state index in [2.05, 4.69) is 48.1 Å². The Bertz CT molecular complexity index is 874. The molecule has 1 unspecified atom stereocenters. The molecule has 7 nitrogen and oxygen atoms in total. The number of halogens is 1. The summed E-state index contributed by atoms with van der Waals surface area (Å²) in [5.41, 5.74) is 1.27. The molecule has 34 heavy (non-hydrogen) atoms. The van der Waals surface area contributed by atoms with Gasteiger partial charge in [-0.25, -0.2) is 0 Å². The Balaban J connectivity index is 0.00000408. The lowest BCUT2D eigenvalue weighted by molar-refractivity contribution is -0.122. The van der Waals surface area contributed by atoms with Crippen LogP contribution < -0.4 is 0 Å². The van der Waals surface area contributed by atoms with Crippen LogP contribution in [0.4, 0.5) is 0 Å². The van der Waals surface area contributed by atoms with Gasteiger partial charge in [0.2, 0.25) is 12.2 Å². The van der Waals surface area contributed by atoms with Crippen molar-refractivity contribution in [2.75, 3.05) is 19.3 Å². The Kier molecular flexibility index (Phi) is 12.1. The van der Waals surface area contributed by atoms with Crippen LogP contribution in [0.25, 0.3) is 0 Å². The highest BCUT2D eigenvalue weighted by atomic mass is 35.5. The SMILES string of the molecule is CC(C)CC(C(=O)c1nnc(SCCN(C)Cc2ccccc2)o1)N(C=O)C1CCCCC1.Cl. The molecule has 1 saturated carbocycles. The van der Waals surface area contributed by atoms with E-state index in [0.717, 1.165) is 50.9 Å². The molecular formula is C25H37ClN4O3S. The molecule has 3 rings (SSSR count). The summed E-state index contributed by atoms with van der Waals surface area (Å²) in [6, 6.07) is 9.89. The van der Waals surface area contributed by atoms with E-state index in [1.54, 1.807) is 4.90 Å². The molecule has 1 aromatic carbocycles. The van der Waals surface area contributed by atoms with Crippen molar-refractivity contribution in [3.8, 4) is 0 Å². The van der Waals surface area contributed by atoms with Crippen LogP contribution in [0.2, 0.25) is 0 Å². The number of nitrogens with zero attached hydrogens (tertiary/aromatic N) is 4. The molecular weight excluding hydrogens is 472 g/mol. The van der Waals surface area contributed by atoms with Crippen molar-refractivity contribution in [3.63, 3.8) is 0 Å². The highest BCUT2D eigenvalue weighted by Crippen LogP contribution is 2.27. The smallest absolute Gasteiger partial charge is 0.286 e. The molecule has 1 heterocycles. The minimum Gasteiger partial charge on any atom is -0.408 e. The molecule has 0 radical (unpaired) electrons. The van der Waals surface area contributed by atoms with Gasteiger partial charge in [-0.2, -0.15) is 0 Å². The second-order valence-electron chi connectivity index (χ2n) is 9.30. The van der Waals surface area contributed by atoms with Crippen LogP contribution in [-0.4, -0.2) is 63.6 Å². The van der Waals surface area contributed by atoms with Gasteiger partial charge in [0.25, 0.3) is 11.1 Å². The topological polar surface area (TPSA) is 79.5 Å². The van der Waals surface area contributed by atoms with Gasteiger partial charge in [-0.3, -0.25) is 9.59 Å². The molecule has 0 aliphatic heterocycles. The van der Waals surface area contributed by atoms with E-state index in [-0.39, 0.29) is 36.0 Å². The zero-order valence-electron chi connectivity index (χ0n) is 20.4. The van der Waals surface area contributed by atoms with Crippen molar-refractivity contribution < 1.29 is 14.0 Å². The molecule has 188 valence electrons. The minimum atomic E-state index is -0.555. The van der Waals surface area contributed by atoms with E-state index >= 15 is 0 Å². The second kappa shape index (κ2) is 14.5. The number of thioether (sulfide) groups is 1. The van der Waals surface area contributed by atoms with Gasteiger partial charge in [-0.1, -0.05) is 75.2 Å². The third kappa shape index (κ3) is 8.40. The standard InChI is InChI=1S/C25H36N4O3S.ClH/c1-19(2)16-22(29(18-30)21-12-8-5-9-13-21)23(31)24-26-27-25(32-24)33-15-14-28(3)17-20-10-6-4-7-11-20;/h4,6-7,10-11,18-19,21-22H,5,8-9,12-17H2,1-3H3;1H. The summed E-state index contributed by atoms with van der Waals surface area (Å²) in [4.78, 5) is 29.3. The van der Waals surface area contributed by atoms with Gasteiger partial charge >= 0.3 is 0 Å². The van der Waals surface area contributed by atoms with Crippen molar-refractivity contribution in [3.05, 3.63) is 41.8 Å². The van der Waals surface area contributed by atoms with Crippen LogP contribution in [0.3, 0.4) is 0 Å². The van der Waals surface area contributed by atoms with Gasteiger partial charge in [0, 0.05) is 24.9 Å². The van der Waals surface area contributed by atoms with E-state index in [4.69, 9.17) is 4.42 Å². The average molecular weight is 509 g/mol. The molecule has 1 fully saturated rings. The van der Waals surface area contributed by atoms with Gasteiger partial charge in [0.05, 0.1) is 0 Å². The number of Topliss-reactive ketones (excluding diaryl/α,β-unsaturated/α-hetero) is 1. The summed E-state index contributed by atoms with van der Waals surface area (Å²) < 4.78 is 5.72. The van der Waals surface area contributed by atoms with Crippen LogP contribution in [0.15, 0.2) is 40.0 Å². The summed E-state index contributed by atoms with van der Waals surface area (Å²) in [7, 11) is 2.08. The Morgan fingerprint density at radius 1 is 1.18 bits per heavy atom. The maximum Gasteiger partial charge on any atom is 0.286 e. The molecule has 1 amide bonds. The average Bonchev–Trinajstić information content (AvgIpc) is 3.28. The fourth-order valence-electron chi connectivity index (χ4n) is 4.38. The Hall–Kier alpha value is -1.90. The monoisotopic (exact) mass is 508 g/mol. The summed E-state index contributed by atoms with van der Waals surface area (Å²) in [6.45, 7) is 5.84. The van der Waals surface area contributed by atoms with Crippen molar-refractivity contribution >= 4 is 36.4 Å². The molecule has 0 spiro atoms. The van der Waals surface area contributed by atoms with Crippen molar-refractivity contribution in [2.24, 2.45) is 5.92 Å². The first-order valence-corrected chi connectivity index (χ1v) is 12.9. The highest BCUT2D eigenvalue weighted by molar-refractivity contribution is 7.99.